The van der Waals surface area contributed by atoms with Crippen molar-refractivity contribution in [1.29, 1.82) is 0 Å². The summed E-state index contributed by atoms with van der Waals surface area (Å²) in [5.74, 6) is 0.716. The Labute approximate surface area is 117 Å². The summed E-state index contributed by atoms with van der Waals surface area (Å²) >= 11 is 0. The average molecular weight is 265 g/mol. The van der Waals surface area contributed by atoms with Crippen LogP contribution in [0.3, 0.4) is 0 Å². The van der Waals surface area contributed by atoms with Crippen LogP contribution in [0.4, 0.5) is 0 Å². The van der Waals surface area contributed by atoms with E-state index in [1.165, 1.54) is 0 Å². The Morgan fingerprint density at radius 2 is 1.80 bits per heavy atom. The fourth-order valence-electron chi connectivity index (χ4n) is 1.99. The van der Waals surface area contributed by atoms with Gasteiger partial charge in [-0.25, -0.2) is 9.97 Å². The summed E-state index contributed by atoms with van der Waals surface area (Å²) in [6.45, 7) is 3.74. The molecule has 3 rings (SSSR count). The molecule has 0 bridgehead atoms. The number of fused-ring (bicyclic) bond motifs is 1. The van der Waals surface area contributed by atoms with Crippen LogP contribution in [0.25, 0.3) is 22.4 Å². The van der Waals surface area contributed by atoms with E-state index in [-0.39, 0.29) is 0 Å². The summed E-state index contributed by atoms with van der Waals surface area (Å²) in [4.78, 5) is 17.5. The molecule has 2 heterocycles. The molecule has 0 spiro atoms. The van der Waals surface area contributed by atoms with Gasteiger partial charge in [0.1, 0.15) is 0 Å². The van der Waals surface area contributed by atoms with E-state index in [4.69, 9.17) is 0 Å². The zero-order valence-corrected chi connectivity index (χ0v) is 11.2. The van der Waals surface area contributed by atoms with Crippen molar-refractivity contribution in [2.75, 3.05) is 6.54 Å². The molecule has 5 nitrogen and oxygen atoms in total. The predicted molar refractivity (Wildman–Crippen MR) is 77.9 cm³/mol. The van der Waals surface area contributed by atoms with Crippen LogP contribution in [0.5, 0.6) is 0 Å². The number of hydrogen-bond donors (Lipinski definition) is 1. The lowest BCUT2D eigenvalue weighted by atomic mass is 10.2. The Hall–Kier alpha value is -2.40. The van der Waals surface area contributed by atoms with E-state index in [1.807, 2.05) is 24.3 Å². The molecule has 0 aliphatic heterocycles. The first-order valence-corrected chi connectivity index (χ1v) is 6.60. The van der Waals surface area contributed by atoms with Crippen molar-refractivity contribution in [3.63, 3.8) is 0 Å². The lowest BCUT2D eigenvalue weighted by molar-refractivity contribution is 0.709. The third-order valence-electron chi connectivity index (χ3n) is 3.00. The highest BCUT2D eigenvalue weighted by molar-refractivity contribution is 5.79. The van der Waals surface area contributed by atoms with E-state index in [9.17, 15) is 0 Å². The summed E-state index contributed by atoms with van der Waals surface area (Å²) in [5, 5.41) is 3.26. The third-order valence-corrected chi connectivity index (χ3v) is 3.00. The molecule has 0 fully saturated rings. The van der Waals surface area contributed by atoms with Crippen molar-refractivity contribution in [2.24, 2.45) is 0 Å². The fourth-order valence-corrected chi connectivity index (χ4v) is 1.99. The predicted octanol–water partition coefficient (Wildman–Crippen LogP) is 2.20. The Morgan fingerprint density at radius 1 is 0.950 bits per heavy atom. The molecule has 3 aromatic rings. The average Bonchev–Trinajstić information content (AvgIpc) is 2.53. The summed E-state index contributed by atoms with van der Waals surface area (Å²) in [6, 6.07) is 7.81. The molecule has 1 aromatic carbocycles. The maximum absolute atomic E-state index is 4.57. The van der Waals surface area contributed by atoms with Gasteiger partial charge in [0, 0.05) is 30.7 Å². The number of hydrogen-bond acceptors (Lipinski definition) is 5. The van der Waals surface area contributed by atoms with Crippen LogP contribution in [-0.2, 0) is 6.54 Å². The number of nitrogens with one attached hydrogen (secondary N) is 1. The number of rotatable bonds is 4. The van der Waals surface area contributed by atoms with Gasteiger partial charge in [-0.2, -0.15) is 0 Å². The molecule has 0 saturated heterocycles. The van der Waals surface area contributed by atoms with Crippen molar-refractivity contribution in [3.8, 4) is 11.4 Å². The van der Waals surface area contributed by atoms with Gasteiger partial charge in [0.05, 0.1) is 16.7 Å². The van der Waals surface area contributed by atoms with Crippen molar-refractivity contribution >= 4 is 11.0 Å². The molecule has 20 heavy (non-hydrogen) atoms. The van der Waals surface area contributed by atoms with Gasteiger partial charge in [0.15, 0.2) is 5.82 Å². The molecule has 5 heteroatoms. The topological polar surface area (TPSA) is 63.6 Å². The minimum absolute atomic E-state index is 0.716. The monoisotopic (exact) mass is 265 g/mol. The summed E-state index contributed by atoms with van der Waals surface area (Å²) in [7, 11) is 0. The number of benzene rings is 1. The highest BCUT2D eigenvalue weighted by Gasteiger charge is 2.04. The lowest BCUT2D eigenvalue weighted by Crippen LogP contribution is -2.13. The smallest absolute Gasteiger partial charge is 0.159 e. The maximum Gasteiger partial charge on any atom is 0.159 e. The molecular weight excluding hydrogens is 250 g/mol. The standard InChI is InChI=1S/C15H15N5/c1-2-16-10-12-5-6-19-15(20-12)11-3-4-13-14(9-11)18-8-7-17-13/h3-9,16H,2,10H2,1H3. The molecule has 2 aromatic heterocycles. The van der Waals surface area contributed by atoms with Gasteiger partial charge >= 0.3 is 0 Å². The van der Waals surface area contributed by atoms with Crippen LogP contribution < -0.4 is 5.32 Å². The highest BCUT2D eigenvalue weighted by atomic mass is 14.9. The van der Waals surface area contributed by atoms with Crippen LogP contribution in [0.2, 0.25) is 0 Å². The molecule has 1 N–H and O–H groups in total. The summed E-state index contributed by atoms with van der Waals surface area (Å²) in [6.07, 6.45) is 5.17. The Balaban J connectivity index is 1.97. The minimum Gasteiger partial charge on any atom is -0.311 e. The van der Waals surface area contributed by atoms with Crippen molar-refractivity contribution < 1.29 is 0 Å². The Bertz CT molecular complexity index is 726. The van der Waals surface area contributed by atoms with Crippen molar-refractivity contribution in [3.05, 3.63) is 48.5 Å². The van der Waals surface area contributed by atoms with Gasteiger partial charge < -0.3 is 5.32 Å². The largest absolute Gasteiger partial charge is 0.311 e. The molecule has 0 aliphatic rings. The number of nitrogens with zero attached hydrogens (tertiary/aromatic N) is 4. The fraction of sp³-hybridized carbons (Fsp3) is 0.200. The second-order valence-corrected chi connectivity index (χ2v) is 4.41. The zero-order chi connectivity index (χ0) is 13.8. The van der Waals surface area contributed by atoms with E-state index < -0.39 is 0 Å². The Kier molecular flexibility index (Phi) is 3.60. The van der Waals surface area contributed by atoms with Crippen LogP contribution >= 0.6 is 0 Å². The van der Waals surface area contributed by atoms with Gasteiger partial charge in [-0.3, -0.25) is 9.97 Å². The zero-order valence-electron chi connectivity index (χ0n) is 11.2. The first-order chi connectivity index (χ1) is 9.86. The van der Waals surface area contributed by atoms with Crippen molar-refractivity contribution in [1.82, 2.24) is 25.3 Å². The maximum atomic E-state index is 4.57. The molecular formula is C15H15N5. The van der Waals surface area contributed by atoms with Gasteiger partial charge in [0.25, 0.3) is 0 Å². The quantitative estimate of drug-likeness (QED) is 0.783. The minimum atomic E-state index is 0.716. The lowest BCUT2D eigenvalue weighted by Gasteiger charge is -2.05. The first-order valence-electron chi connectivity index (χ1n) is 6.60. The van der Waals surface area contributed by atoms with Gasteiger partial charge in [-0.05, 0) is 30.8 Å². The first kappa shape index (κ1) is 12.6. The van der Waals surface area contributed by atoms with Gasteiger partial charge in [-0.1, -0.05) is 6.92 Å². The molecule has 0 aliphatic carbocycles. The van der Waals surface area contributed by atoms with E-state index in [0.717, 1.165) is 35.4 Å². The molecule has 100 valence electrons. The highest BCUT2D eigenvalue weighted by Crippen LogP contribution is 2.19. The van der Waals surface area contributed by atoms with Crippen LogP contribution in [0.15, 0.2) is 42.9 Å². The molecule has 0 amide bonds. The third kappa shape index (κ3) is 2.62. The van der Waals surface area contributed by atoms with Crippen LogP contribution in [-0.4, -0.2) is 26.5 Å². The Morgan fingerprint density at radius 3 is 2.65 bits per heavy atom. The van der Waals surface area contributed by atoms with E-state index >= 15 is 0 Å². The molecule has 0 unspecified atom stereocenters. The van der Waals surface area contributed by atoms with E-state index in [1.54, 1.807) is 18.6 Å². The summed E-state index contributed by atoms with van der Waals surface area (Å²) < 4.78 is 0. The van der Waals surface area contributed by atoms with Crippen molar-refractivity contribution in [2.45, 2.75) is 13.5 Å². The van der Waals surface area contributed by atoms with E-state index in [0.29, 0.717) is 5.82 Å². The second-order valence-electron chi connectivity index (χ2n) is 4.41. The second kappa shape index (κ2) is 5.71. The number of aromatic nitrogens is 4. The summed E-state index contributed by atoms with van der Waals surface area (Å²) in [5.41, 5.74) is 3.66. The SMILES string of the molecule is CCNCc1ccnc(-c2ccc3nccnc3c2)n1. The van der Waals surface area contributed by atoms with Gasteiger partial charge in [0.2, 0.25) is 0 Å². The van der Waals surface area contributed by atoms with E-state index in [2.05, 4.69) is 32.2 Å². The molecule has 0 atom stereocenters. The normalized spacial score (nSPS) is 10.8. The molecule has 0 radical (unpaired) electrons. The van der Waals surface area contributed by atoms with Gasteiger partial charge in [-0.15, -0.1) is 0 Å². The molecule has 0 saturated carbocycles. The van der Waals surface area contributed by atoms with Crippen LogP contribution in [0.1, 0.15) is 12.6 Å². The van der Waals surface area contributed by atoms with Crippen LogP contribution in [0, 0.1) is 0 Å².